The summed E-state index contributed by atoms with van der Waals surface area (Å²) in [7, 11) is 0. The van der Waals surface area contributed by atoms with E-state index in [9.17, 15) is 9.59 Å². The van der Waals surface area contributed by atoms with Gasteiger partial charge in [-0.1, -0.05) is 13.8 Å². The SMILES string of the molecule is CC1=C(C(=O)O[C@H]2C(=O)OCC2(C)C)CCCN1. The second kappa shape index (κ2) is 4.63. The molecule has 1 atom stereocenters. The van der Waals surface area contributed by atoms with E-state index in [-0.39, 0.29) is 0 Å². The van der Waals surface area contributed by atoms with Gasteiger partial charge in [0.25, 0.3) is 0 Å². The molecule has 1 fully saturated rings. The van der Waals surface area contributed by atoms with E-state index >= 15 is 0 Å². The Morgan fingerprint density at radius 3 is 2.78 bits per heavy atom. The minimum atomic E-state index is -0.799. The summed E-state index contributed by atoms with van der Waals surface area (Å²) in [4.78, 5) is 23.6. The number of carbonyl (C=O) groups excluding carboxylic acids is 2. The maximum atomic E-state index is 12.1. The van der Waals surface area contributed by atoms with Gasteiger partial charge in [-0.25, -0.2) is 9.59 Å². The second-order valence-electron chi connectivity index (χ2n) is 5.52. The van der Waals surface area contributed by atoms with Gasteiger partial charge in [0, 0.05) is 17.7 Å². The van der Waals surface area contributed by atoms with Crippen molar-refractivity contribution in [1.82, 2.24) is 5.32 Å². The van der Waals surface area contributed by atoms with E-state index in [1.54, 1.807) is 0 Å². The number of carbonyl (C=O) groups is 2. The Balaban J connectivity index is 2.10. The quantitative estimate of drug-likeness (QED) is 0.748. The third kappa shape index (κ3) is 2.35. The van der Waals surface area contributed by atoms with Gasteiger partial charge in [0.1, 0.15) is 6.61 Å². The molecule has 0 radical (unpaired) electrons. The number of esters is 2. The van der Waals surface area contributed by atoms with Gasteiger partial charge in [0.15, 0.2) is 0 Å². The average molecular weight is 253 g/mol. The molecule has 0 aromatic rings. The Labute approximate surface area is 107 Å². The molecule has 1 saturated heterocycles. The van der Waals surface area contributed by atoms with Gasteiger partial charge < -0.3 is 14.8 Å². The lowest BCUT2D eigenvalue weighted by Crippen LogP contribution is -2.36. The summed E-state index contributed by atoms with van der Waals surface area (Å²) in [6, 6.07) is 0. The van der Waals surface area contributed by atoms with Gasteiger partial charge in [0.2, 0.25) is 6.10 Å². The lowest BCUT2D eigenvalue weighted by molar-refractivity contribution is -0.160. The van der Waals surface area contributed by atoms with Crippen molar-refractivity contribution >= 4 is 11.9 Å². The van der Waals surface area contributed by atoms with Gasteiger partial charge in [-0.05, 0) is 19.8 Å². The molecule has 0 spiro atoms. The van der Waals surface area contributed by atoms with Crippen LogP contribution in [0, 0.1) is 5.41 Å². The number of nitrogens with one attached hydrogen (secondary N) is 1. The van der Waals surface area contributed by atoms with Crippen LogP contribution in [0.3, 0.4) is 0 Å². The van der Waals surface area contributed by atoms with E-state index in [1.807, 2.05) is 20.8 Å². The van der Waals surface area contributed by atoms with Crippen LogP contribution in [-0.4, -0.2) is 31.2 Å². The Morgan fingerprint density at radius 1 is 1.50 bits per heavy atom. The number of ether oxygens (including phenoxy) is 2. The van der Waals surface area contributed by atoms with Crippen LogP contribution in [0.5, 0.6) is 0 Å². The fourth-order valence-electron chi connectivity index (χ4n) is 2.20. The summed E-state index contributed by atoms with van der Waals surface area (Å²) >= 11 is 0. The zero-order valence-corrected chi connectivity index (χ0v) is 11.0. The number of hydrogen-bond donors (Lipinski definition) is 1. The highest BCUT2D eigenvalue weighted by Gasteiger charge is 2.46. The average Bonchev–Trinajstić information content (AvgIpc) is 2.56. The molecule has 2 heterocycles. The van der Waals surface area contributed by atoms with Crippen molar-refractivity contribution in [3.05, 3.63) is 11.3 Å². The minimum absolute atomic E-state index is 0.292. The van der Waals surface area contributed by atoms with Crippen LogP contribution in [-0.2, 0) is 19.1 Å². The van der Waals surface area contributed by atoms with Crippen LogP contribution in [0.15, 0.2) is 11.3 Å². The van der Waals surface area contributed by atoms with E-state index in [2.05, 4.69) is 5.32 Å². The molecule has 2 aliphatic rings. The van der Waals surface area contributed by atoms with Gasteiger partial charge in [-0.15, -0.1) is 0 Å². The van der Waals surface area contributed by atoms with E-state index in [0.717, 1.165) is 18.7 Å². The highest BCUT2D eigenvalue weighted by Crippen LogP contribution is 2.32. The van der Waals surface area contributed by atoms with Crippen LogP contribution in [0.1, 0.15) is 33.6 Å². The third-order valence-electron chi connectivity index (χ3n) is 3.43. The van der Waals surface area contributed by atoms with Gasteiger partial charge >= 0.3 is 11.9 Å². The normalized spacial score (nSPS) is 26.6. The molecule has 5 heteroatoms. The molecule has 0 unspecified atom stereocenters. The predicted octanol–water partition coefficient (Wildman–Crippen LogP) is 1.14. The molecular weight excluding hydrogens is 234 g/mol. The largest absolute Gasteiger partial charge is 0.462 e. The lowest BCUT2D eigenvalue weighted by Gasteiger charge is -2.24. The summed E-state index contributed by atoms with van der Waals surface area (Å²) in [5.41, 5.74) is 1.02. The summed E-state index contributed by atoms with van der Waals surface area (Å²) in [5, 5.41) is 3.13. The summed E-state index contributed by atoms with van der Waals surface area (Å²) in [6.45, 7) is 6.74. The first-order valence-corrected chi connectivity index (χ1v) is 6.23. The molecular formula is C13H19NO4. The van der Waals surface area contributed by atoms with Crippen molar-refractivity contribution in [1.29, 1.82) is 0 Å². The molecule has 2 aliphatic heterocycles. The lowest BCUT2D eigenvalue weighted by atomic mass is 9.89. The highest BCUT2D eigenvalue weighted by atomic mass is 16.6. The summed E-state index contributed by atoms with van der Waals surface area (Å²) < 4.78 is 10.3. The van der Waals surface area contributed by atoms with Crippen LogP contribution >= 0.6 is 0 Å². The van der Waals surface area contributed by atoms with Crippen molar-refractivity contribution in [2.45, 2.75) is 39.7 Å². The molecule has 0 aliphatic carbocycles. The monoisotopic (exact) mass is 253 g/mol. The molecule has 0 saturated carbocycles. The minimum Gasteiger partial charge on any atom is -0.462 e. The van der Waals surface area contributed by atoms with E-state index in [0.29, 0.717) is 18.6 Å². The van der Waals surface area contributed by atoms with Crippen LogP contribution in [0.4, 0.5) is 0 Å². The Bertz CT molecular complexity index is 411. The number of allylic oxidation sites excluding steroid dienone is 1. The maximum absolute atomic E-state index is 12.1. The summed E-state index contributed by atoms with van der Waals surface area (Å²) in [5.74, 6) is -0.855. The van der Waals surface area contributed by atoms with Crippen molar-refractivity contribution < 1.29 is 19.1 Å². The topological polar surface area (TPSA) is 64.6 Å². The standard InChI is InChI=1S/C13H19NO4/c1-8-9(5-4-6-14-8)11(15)18-10-12(16)17-7-13(10,2)3/h10,14H,4-7H2,1-3H3/t10-/m0/s1. The fourth-order valence-corrected chi connectivity index (χ4v) is 2.20. The Morgan fingerprint density at radius 2 is 2.22 bits per heavy atom. The number of hydrogen-bond acceptors (Lipinski definition) is 5. The van der Waals surface area contributed by atoms with Crippen molar-refractivity contribution in [3.8, 4) is 0 Å². The highest BCUT2D eigenvalue weighted by molar-refractivity contribution is 5.92. The van der Waals surface area contributed by atoms with Crippen LogP contribution < -0.4 is 5.32 Å². The molecule has 1 N–H and O–H groups in total. The fraction of sp³-hybridized carbons (Fsp3) is 0.692. The Kier molecular flexibility index (Phi) is 3.32. The van der Waals surface area contributed by atoms with E-state index in [1.165, 1.54) is 0 Å². The third-order valence-corrected chi connectivity index (χ3v) is 3.43. The molecule has 0 bridgehead atoms. The molecule has 5 nitrogen and oxygen atoms in total. The first-order valence-electron chi connectivity index (χ1n) is 6.23. The number of cyclic esters (lactones) is 1. The van der Waals surface area contributed by atoms with Crippen LogP contribution in [0.25, 0.3) is 0 Å². The van der Waals surface area contributed by atoms with Crippen molar-refractivity contribution in [2.75, 3.05) is 13.2 Å². The second-order valence-corrected chi connectivity index (χ2v) is 5.52. The smallest absolute Gasteiger partial charge is 0.348 e. The molecule has 100 valence electrons. The first-order chi connectivity index (χ1) is 8.42. The number of rotatable bonds is 2. The zero-order chi connectivity index (χ0) is 13.3. The van der Waals surface area contributed by atoms with Gasteiger partial charge in [0.05, 0.1) is 5.57 Å². The first kappa shape index (κ1) is 12.9. The summed E-state index contributed by atoms with van der Waals surface area (Å²) in [6.07, 6.45) is 0.798. The predicted molar refractivity (Wildman–Crippen MR) is 64.6 cm³/mol. The molecule has 0 amide bonds. The van der Waals surface area contributed by atoms with E-state index in [4.69, 9.17) is 9.47 Å². The molecule has 2 rings (SSSR count). The van der Waals surface area contributed by atoms with E-state index < -0.39 is 23.5 Å². The van der Waals surface area contributed by atoms with Crippen molar-refractivity contribution in [3.63, 3.8) is 0 Å². The van der Waals surface area contributed by atoms with Gasteiger partial charge in [-0.2, -0.15) is 0 Å². The molecule has 18 heavy (non-hydrogen) atoms. The maximum Gasteiger partial charge on any atom is 0.348 e. The van der Waals surface area contributed by atoms with Crippen LogP contribution in [0.2, 0.25) is 0 Å². The van der Waals surface area contributed by atoms with Crippen molar-refractivity contribution in [2.24, 2.45) is 5.41 Å². The molecule has 0 aromatic heterocycles. The van der Waals surface area contributed by atoms with Gasteiger partial charge in [-0.3, -0.25) is 0 Å². The zero-order valence-electron chi connectivity index (χ0n) is 11.0. The molecule has 0 aromatic carbocycles. The Hall–Kier alpha value is -1.52.